The molecule has 6 nitrogen and oxygen atoms in total. The van der Waals surface area contributed by atoms with E-state index in [1.54, 1.807) is 23.8 Å². The summed E-state index contributed by atoms with van der Waals surface area (Å²) in [4.78, 5) is 34.8. The fourth-order valence-corrected chi connectivity index (χ4v) is 2.36. The van der Waals surface area contributed by atoms with E-state index in [-0.39, 0.29) is 23.8 Å². The fraction of sp³-hybridized carbons (Fsp3) is 0.588. The highest BCUT2D eigenvalue weighted by atomic mass is 16.4. The van der Waals surface area contributed by atoms with E-state index >= 15 is 0 Å². The number of aryl methyl sites for hydroxylation is 2. The standard InChI is InChI=1S/C17H26N2O4/c1-12(2)11-14(17(22)23)18-15(20)8-4-5-9-19-10-6-7-13(3)16(19)21/h6-7,10,12,14H,4-5,8-9,11H2,1-3H3,(H,18,20)(H,22,23). The first-order valence-electron chi connectivity index (χ1n) is 7.99. The van der Waals surface area contributed by atoms with Gasteiger partial charge in [-0.25, -0.2) is 4.79 Å². The molecule has 6 heteroatoms. The van der Waals surface area contributed by atoms with Crippen molar-refractivity contribution >= 4 is 11.9 Å². The predicted molar refractivity (Wildman–Crippen MR) is 88.3 cm³/mol. The van der Waals surface area contributed by atoms with Crippen molar-refractivity contribution in [2.75, 3.05) is 0 Å². The number of amides is 1. The van der Waals surface area contributed by atoms with E-state index in [1.807, 2.05) is 19.9 Å². The maximum atomic E-state index is 11.8. The Morgan fingerprint density at radius 1 is 1.30 bits per heavy atom. The summed E-state index contributed by atoms with van der Waals surface area (Å²) >= 11 is 0. The largest absolute Gasteiger partial charge is 0.480 e. The van der Waals surface area contributed by atoms with E-state index in [9.17, 15) is 14.4 Å². The minimum Gasteiger partial charge on any atom is -0.480 e. The van der Waals surface area contributed by atoms with Gasteiger partial charge in [-0.15, -0.1) is 0 Å². The lowest BCUT2D eigenvalue weighted by atomic mass is 10.0. The highest BCUT2D eigenvalue weighted by Gasteiger charge is 2.20. The van der Waals surface area contributed by atoms with Crippen molar-refractivity contribution in [2.24, 2.45) is 5.92 Å². The van der Waals surface area contributed by atoms with Crippen LogP contribution < -0.4 is 10.9 Å². The summed E-state index contributed by atoms with van der Waals surface area (Å²) in [5.41, 5.74) is 0.683. The molecule has 0 bridgehead atoms. The maximum absolute atomic E-state index is 11.8. The summed E-state index contributed by atoms with van der Waals surface area (Å²) in [6.45, 7) is 6.17. The number of carboxylic acid groups (broad SMARTS) is 1. The average Bonchev–Trinajstić information content (AvgIpc) is 2.46. The zero-order valence-electron chi connectivity index (χ0n) is 14.0. The van der Waals surface area contributed by atoms with Gasteiger partial charge in [0.2, 0.25) is 5.91 Å². The summed E-state index contributed by atoms with van der Waals surface area (Å²) in [6, 6.07) is 2.77. The number of pyridine rings is 1. The van der Waals surface area contributed by atoms with E-state index in [1.165, 1.54) is 0 Å². The Morgan fingerprint density at radius 3 is 2.61 bits per heavy atom. The van der Waals surface area contributed by atoms with Crippen LogP contribution >= 0.6 is 0 Å². The molecule has 0 radical (unpaired) electrons. The smallest absolute Gasteiger partial charge is 0.326 e. The zero-order chi connectivity index (χ0) is 17.4. The van der Waals surface area contributed by atoms with Crippen LogP contribution in [0.5, 0.6) is 0 Å². The van der Waals surface area contributed by atoms with Gasteiger partial charge in [-0.2, -0.15) is 0 Å². The Balaban J connectivity index is 2.37. The molecule has 0 saturated heterocycles. The first-order chi connectivity index (χ1) is 10.8. The highest BCUT2D eigenvalue weighted by Crippen LogP contribution is 2.06. The molecule has 0 aliphatic heterocycles. The lowest BCUT2D eigenvalue weighted by Gasteiger charge is -2.16. The molecule has 1 amide bonds. The Kier molecular flexibility index (Phi) is 7.51. The minimum atomic E-state index is -1.00. The van der Waals surface area contributed by atoms with Gasteiger partial charge >= 0.3 is 5.97 Å². The summed E-state index contributed by atoms with van der Waals surface area (Å²) in [5, 5.41) is 11.7. The number of unbranched alkanes of at least 4 members (excludes halogenated alkanes) is 1. The van der Waals surface area contributed by atoms with Crippen LogP contribution in [0.3, 0.4) is 0 Å². The number of hydrogen-bond donors (Lipinski definition) is 2. The van der Waals surface area contributed by atoms with Crippen molar-refractivity contribution < 1.29 is 14.7 Å². The molecule has 0 spiro atoms. The molecular weight excluding hydrogens is 296 g/mol. The molecule has 1 atom stereocenters. The number of rotatable bonds is 9. The highest BCUT2D eigenvalue weighted by molar-refractivity contribution is 5.83. The van der Waals surface area contributed by atoms with Gasteiger partial charge in [-0.1, -0.05) is 19.9 Å². The molecule has 0 aromatic carbocycles. The van der Waals surface area contributed by atoms with E-state index in [0.717, 1.165) is 0 Å². The van der Waals surface area contributed by atoms with Gasteiger partial charge in [-0.05, 0) is 38.2 Å². The first-order valence-corrected chi connectivity index (χ1v) is 7.99. The van der Waals surface area contributed by atoms with Crippen LogP contribution in [0.25, 0.3) is 0 Å². The molecule has 23 heavy (non-hydrogen) atoms. The molecule has 2 N–H and O–H groups in total. The molecule has 1 unspecified atom stereocenters. The molecule has 1 rings (SSSR count). The molecule has 0 aliphatic rings. The van der Waals surface area contributed by atoms with Crippen LogP contribution in [0.4, 0.5) is 0 Å². The van der Waals surface area contributed by atoms with E-state index in [4.69, 9.17) is 5.11 Å². The second-order valence-electron chi connectivity index (χ2n) is 6.23. The average molecular weight is 322 g/mol. The van der Waals surface area contributed by atoms with Crippen LogP contribution in [0.15, 0.2) is 23.1 Å². The van der Waals surface area contributed by atoms with Gasteiger partial charge in [-0.3, -0.25) is 9.59 Å². The van der Waals surface area contributed by atoms with Crippen molar-refractivity contribution in [1.29, 1.82) is 0 Å². The van der Waals surface area contributed by atoms with Crippen molar-refractivity contribution in [2.45, 2.75) is 59.0 Å². The minimum absolute atomic E-state index is 0.0140. The molecule has 1 aromatic heterocycles. The fourth-order valence-electron chi connectivity index (χ4n) is 2.36. The normalized spacial score (nSPS) is 12.2. The number of aromatic nitrogens is 1. The Labute approximate surface area is 136 Å². The lowest BCUT2D eigenvalue weighted by Crippen LogP contribution is -2.41. The SMILES string of the molecule is Cc1cccn(CCCCC(=O)NC(CC(C)C)C(=O)O)c1=O. The molecule has 0 aliphatic carbocycles. The van der Waals surface area contributed by atoms with Crippen molar-refractivity contribution in [1.82, 2.24) is 9.88 Å². The van der Waals surface area contributed by atoms with Gasteiger partial charge in [0.15, 0.2) is 0 Å². The van der Waals surface area contributed by atoms with Crippen LogP contribution in [0, 0.1) is 12.8 Å². The van der Waals surface area contributed by atoms with Crippen molar-refractivity contribution in [3.63, 3.8) is 0 Å². The summed E-state index contributed by atoms with van der Waals surface area (Å²) in [7, 11) is 0. The number of aliphatic carboxylic acids is 1. The molecule has 1 aromatic rings. The first kappa shape index (κ1) is 18.9. The summed E-state index contributed by atoms with van der Waals surface area (Å²) in [6.07, 6.45) is 3.72. The number of carbonyl (C=O) groups excluding carboxylic acids is 1. The predicted octanol–water partition coefficient (Wildman–Crippen LogP) is 1.94. The Hall–Kier alpha value is -2.11. The van der Waals surface area contributed by atoms with Crippen LogP contribution in [0.1, 0.15) is 45.1 Å². The van der Waals surface area contributed by atoms with E-state index in [2.05, 4.69) is 5.32 Å². The summed E-state index contributed by atoms with van der Waals surface area (Å²) in [5.74, 6) is -1.06. The second kappa shape index (κ2) is 9.12. The molecule has 0 saturated carbocycles. The number of nitrogens with zero attached hydrogens (tertiary/aromatic N) is 1. The van der Waals surface area contributed by atoms with Gasteiger partial charge in [0.1, 0.15) is 6.04 Å². The molecule has 128 valence electrons. The molecular formula is C17H26N2O4. The van der Waals surface area contributed by atoms with Crippen LogP contribution in [-0.2, 0) is 16.1 Å². The van der Waals surface area contributed by atoms with Crippen molar-refractivity contribution in [3.05, 3.63) is 34.2 Å². The second-order valence-corrected chi connectivity index (χ2v) is 6.23. The number of nitrogens with one attached hydrogen (secondary N) is 1. The zero-order valence-corrected chi connectivity index (χ0v) is 14.0. The summed E-state index contributed by atoms with van der Waals surface area (Å²) < 4.78 is 1.63. The van der Waals surface area contributed by atoms with Gasteiger partial charge in [0.25, 0.3) is 5.56 Å². The number of hydrogen-bond acceptors (Lipinski definition) is 3. The van der Waals surface area contributed by atoms with Crippen LogP contribution in [0.2, 0.25) is 0 Å². The Bertz CT molecular complexity index is 593. The van der Waals surface area contributed by atoms with Gasteiger partial charge in [0.05, 0.1) is 0 Å². The third-order valence-electron chi connectivity index (χ3n) is 3.60. The van der Waals surface area contributed by atoms with Crippen LogP contribution in [-0.4, -0.2) is 27.6 Å². The van der Waals surface area contributed by atoms with Gasteiger partial charge < -0.3 is 15.0 Å². The van der Waals surface area contributed by atoms with E-state index < -0.39 is 12.0 Å². The third kappa shape index (κ3) is 6.67. The monoisotopic (exact) mass is 322 g/mol. The Morgan fingerprint density at radius 2 is 2.00 bits per heavy atom. The topological polar surface area (TPSA) is 88.4 Å². The number of carboxylic acids is 1. The number of carbonyl (C=O) groups is 2. The third-order valence-corrected chi connectivity index (χ3v) is 3.60. The van der Waals surface area contributed by atoms with E-state index in [0.29, 0.717) is 31.4 Å². The molecule has 1 heterocycles. The maximum Gasteiger partial charge on any atom is 0.326 e. The van der Waals surface area contributed by atoms with Crippen molar-refractivity contribution in [3.8, 4) is 0 Å². The lowest BCUT2D eigenvalue weighted by molar-refractivity contribution is -0.142. The van der Waals surface area contributed by atoms with Gasteiger partial charge in [0, 0.05) is 24.7 Å². The quantitative estimate of drug-likeness (QED) is 0.680. The molecule has 0 fully saturated rings.